The van der Waals surface area contributed by atoms with Crippen LogP contribution in [-0.2, 0) is 10.9 Å². The van der Waals surface area contributed by atoms with Gasteiger partial charge < -0.3 is 20.5 Å². The van der Waals surface area contributed by atoms with Crippen molar-refractivity contribution >= 4 is 22.3 Å². The number of nitrogen functional groups attached to an aromatic ring is 1. The molecule has 0 amide bonds. The van der Waals surface area contributed by atoms with Gasteiger partial charge in [-0.1, -0.05) is 0 Å². The number of hydrogen-bond donors (Lipinski definition) is 2. The lowest BCUT2D eigenvalue weighted by molar-refractivity contribution is -0.137. The Bertz CT molecular complexity index is 1100. The molecule has 0 saturated carbocycles. The maximum absolute atomic E-state index is 13.2. The summed E-state index contributed by atoms with van der Waals surface area (Å²) in [5, 5.41) is 13.3. The third-order valence-electron chi connectivity index (χ3n) is 5.28. The fourth-order valence-corrected chi connectivity index (χ4v) is 3.62. The van der Waals surface area contributed by atoms with Gasteiger partial charge in [-0.25, -0.2) is 0 Å². The van der Waals surface area contributed by atoms with Crippen molar-refractivity contribution in [2.24, 2.45) is 0 Å². The number of fused-ring (bicyclic) bond motifs is 1. The molecule has 0 spiro atoms. The summed E-state index contributed by atoms with van der Waals surface area (Å²) < 4.78 is 50.9. The number of nitrogens with two attached hydrogens (primary N) is 1. The number of halogens is 3. The van der Waals surface area contributed by atoms with E-state index in [0.717, 1.165) is 35.0 Å². The maximum atomic E-state index is 13.2. The molecule has 1 aromatic heterocycles. The average Bonchev–Trinajstić information content (AvgIpc) is 3.22. The molecule has 164 valence electrons. The first-order valence-electron chi connectivity index (χ1n) is 9.96. The molecule has 9 heteroatoms. The Hall–Kier alpha value is -3.07. The van der Waals surface area contributed by atoms with Crippen molar-refractivity contribution in [2.75, 3.05) is 24.3 Å². The zero-order valence-electron chi connectivity index (χ0n) is 17.2. The predicted molar refractivity (Wildman–Crippen MR) is 112 cm³/mol. The van der Waals surface area contributed by atoms with E-state index < -0.39 is 17.8 Å². The monoisotopic (exact) mass is 432 g/mol. The number of anilines is 2. The van der Waals surface area contributed by atoms with Crippen LogP contribution >= 0.6 is 0 Å². The number of nitrogens with zero attached hydrogens (tertiary/aromatic N) is 2. The van der Waals surface area contributed by atoms with E-state index in [1.54, 1.807) is 6.92 Å². The Morgan fingerprint density at radius 1 is 1.16 bits per heavy atom. The van der Waals surface area contributed by atoms with Crippen LogP contribution in [0, 0.1) is 6.92 Å². The molecule has 1 saturated heterocycles. The van der Waals surface area contributed by atoms with Crippen molar-refractivity contribution in [3.63, 3.8) is 0 Å². The van der Waals surface area contributed by atoms with Gasteiger partial charge >= 0.3 is 6.18 Å². The molecule has 6 nitrogen and oxygen atoms in total. The molecular weight excluding hydrogens is 409 g/mol. The van der Waals surface area contributed by atoms with E-state index in [1.165, 1.54) is 6.07 Å². The van der Waals surface area contributed by atoms with Crippen molar-refractivity contribution < 1.29 is 22.6 Å². The molecule has 2 aromatic carbocycles. The Kier molecular flexibility index (Phi) is 5.62. The van der Waals surface area contributed by atoms with E-state index in [0.29, 0.717) is 30.3 Å². The van der Waals surface area contributed by atoms with Crippen molar-refractivity contribution in [3.05, 3.63) is 53.2 Å². The largest absolute Gasteiger partial charge is 0.488 e. The molecule has 0 radical (unpaired) electrons. The Morgan fingerprint density at radius 2 is 1.97 bits per heavy atom. The van der Waals surface area contributed by atoms with Gasteiger partial charge in [-0.2, -0.15) is 18.3 Å². The molecule has 1 unspecified atom stereocenters. The van der Waals surface area contributed by atoms with Crippen LogP contribution in [0.5, 0.6) is 5.75 Å². The Balaban J connectivity index is 1.66. The minimum atomic E-state index is -4.48. The minimum Gasteiger partial charge on any atom is -0.488 e. The van der Waals surface area contributed by atoms with E-state index in [4.69, 9.17) is 15.2 Å². The molecule has 1 aliphatic heterocycles. The zero-order chi connectivity index (χ0) is 22.2. The van der Waals surface area contributed by atoms with E-state index >= 15 is 0 Å². The molecule has 2 atom stereocenters. The second kappa shape index (κ2) is 8.22. The predicted octanol–water partition coefficient (Wildman–Crippen LogP) is 4.88. The summed E-state index contributed by atoms with van der Waals surface area (Å²) in [4.78, 5) is 0. The molecule has 0 bridgehead atoms. The van der Waals surface area contributed by atoms with Gasteiger partial charge in [0.1, 0.15) is 11.9 Å². The van der Waals surface area contributed by atoms with Crippen LogP contribution in [0.2, 0.25) is 0 Å². The van der Waals surface area contributed by atoms with Crippen LogP contribution in [0.15, 0.2) is 36.4 Å². The lowest BCUT2D eigenvalue weighted by Gasteiger charge is -2.19. The van der Waals surface area contributed by atoms with E-state index in [9.17, 15) is 13.2 Å². The van der Waals surface area contributed by atoms with Gasteiger partial charge in [0.15, 0.2) is 5.82 Å². The summed E-state index contributed by atoms with van der Waals surface area (Å²) in [6, 6.07) is 8.69. The van der Waals surface area contributed by atoms with Crippen LogP contribution in [-0.4, -0.2) is 29.5 Å². The first-order chi connectivity index (χ1) is 14.7. The third-order valence-corrected chi connectivity index (χ3v) is 5.28. The van der Waals surface area contributed by atoms with E-state index in [-0.39, 0.29) is 11.8 Å². The summed E-state index contributed by atoms with van der Waals surface area (Å²) in [6.45, 7) is 4.82. The number of rotatable bonds is 5. The van der Waals surface area contributed by atoms with Crippen molar-refractivity contribution in [3.8, 4) is 5.75 Å². The highest BCUT2D eigenvalue weighted by molar-refractivity contribution is 5.94. The number of aromatic nitrogens is 2. The molecular formula is C22H23F3N4O2. The molecule has 4 rings (SSSR count). The van der Waals surface area contributed by atoms with Gasteiger partial charge in [0, 0.05) is 22.9 Å². The lowest BCUT2D eigenvalue weighted by atomic mass is 10.0. The van der Waals surface area contributed by atoms with Crippen molar-refractivity contribution in [1.82, 2.24) is 10.2 Å². The smallest absolute Gasteiger partial charge is 0.416 e. The summed E-state index contributed by atoms with van der Waals surface area (Å²) in [6.07, 6.45) is -3.65. The quantitative estimate of drug-likeness (QED) is 0.559. The molecule has 0 aliphatic carbocycles. The zero-order valence-corrected chi connectivity index (χ0v) is 17.2. The molecule has 3 N–H and O–H groups in total. The highest BCUT2D eigenvalue weighted by atomic mass is 19.4. The fourth-order valence-electron chi connectivity index (χ4n) is 3.62. The van der Waals surface area contributed by atoms with Crippen molar-refractivity contribution in [1.29, 1.82) is 0 Å². The number of aryl methyl sites for hydroxylation is 1. The topological polar surface area (TPSA) is 82.3 Å². The lowest BCUT2D eigenvalue weighted by Crippen LogP contribution is -2.15. The van der Waals surface area contributed by atoms with Crippen molar-refractivity contribution in [2.45, 2.75) is 38.6 Å². The molecule has 31 heavy (non-hydrogen) atoms. The average molecular weight is 432 g/mol. The van der Waals surface area contributed by atoms with Gasteiger partial charge in [-0.3, -0.25) is 0 Å². The first kappa shape index (κ1) is 21.2. The van der Waals surface area contributed by atoms with Gasteiger partial charge in [0.05, 0.1) is 30.5 Å². The van der Waals surface area contributed by atoms with Crippen LogP contribution in [0.1, 0.15) is 36.2 Å². The van der Waals surface area contributed by atoms with Crippen LogP contribution < -0.4 is 15.8 Å². The number of ether oxygens (including phenoxy) is 2. The van der Waals surface area contributed by atoms with Gasteiger partial charge in [-0.15, -0.1) is 5.10 Å². The van der Waals surface area contributed by atoms with Gasteiger partial charge in [0.25, 0.3) is 0 Å². The normalized spacial score (nSPS) is 17.6. The summed E-state index contributed by atoms with van der Waals surface area (Å²) in [5.41, 5.74) is 6.12. The highest BCUT2D eigenvalue weighted by Crippen LogP contribution is 2.34. The Labute approximate surface area is 177 Å². The van der Waals surface area contributed by atoms with Gasteiger partial charge in [-0.05, 0) is 55.8 Å². The van der Waals surface area contributed by atoms with Crippen LogP contribution in [0.4, 0.5) is 24.7 Å². The number of alkyl halides is 3. The van der Waals surface area contributed by atoms with Crippen LogP contribution in [0.25, 0.3) is 10.8 Å². The Morgan fingerprint density at radius 3 is 2.68 bits per heavy atom. The third kappa shape index (κ3) is 4.66. The summed E-state index contributed by atoms with van der Waals surface area (Å²) >= 11 is 0. The number of benzene rings is 2. The van der Waals surface area contributed by atoms with E-state index in [1.807, 2.05) is 25.1 Å². The molecule has 2 heterocycles. The minimum absolute atomic E-state index is 0.00300. The second-order valence-corrected chi connectivity index (χ2v) is 7.70. The maximum Gasteiger partial charge on any atom is 0.416 e. The molecule has 3 aromatic rings. The molecule has 1 fully saturated rings. The summed E-state index contributed by atoms with van der Waals surface area (Å²) in [5.74, 6) is 1.13. The van der Waals surface area contributed by atoms with Crippen LogP contribution in [0.3, 0.4) is 0 Å². The SMILES string of the molecule is Cc1nnc(N[C@H](C)c2cc(N)cc(C(F)(F)F)c2)c2cc(OC3CCOC3)ccc12. The summed E-state index contributed by atoms with van der Waals surface area (Å²) in [7, 11) is 0. The number of hydrogen-bond acceptors (Lipinski definition) is 6. The fraction of sp³-hybridized carbons (Fsp3) is 0.364. The van der Waals surface area contributed by atoms with E-state index in [2.05, 4.69) is 15.5 Å². The van der Waals surface area contributed by atoms with Gasteiger partial charge in [0.2, 0.25) is 0 Å². The first-order valence-corrected chi connectivity index (χ1v) is 9.96. The highest BCUT2D eigenvalue weighted by Gasteiger charge is 2.31. The number of nitrogens with one attached hydrogen (secondary N) is 1. The molecule has 1 aliphatic rings. The second-order valence-electron chi connectivity index (χ2n) is 7.70. The standard InChI is InChI=1S/C22H23F3N4O2/c1-12(14-7-15(22(23,24)25)9-16(26)8-14)27-21-20-10-17(31-18-5-6-30-11-18)3-4-19(20)13(2)28-29-21/h3-4,7-10,12,18H,5-6,11,26H2,1-2H3,(H,27,29)/t12-,18?/m1/s1.